The number of carbonyl (C=O) groups excluding carboxylic acids is 1. The standard InChI is InChI=1S/C25H25NO2/c1-28-25(27)24-17-9-8-15-23(24)16-10-18-26(19-21-11-4-2-5-12-21)20-22-13-6-3-7-14-22/h2-17H,18-20H2,1H3/b16-10+. The van der Waals surface area contributed by atoms with Gasteiger partial charge in [-0.3, -0.25) is 4.90 Å². The van der Waals surface area contributed by atoms with Crippen LogP contribution in [0.3, 0.4) is 0 Å². The Kier molecular flexibility index (Phi) is 7.16. The van der Waals surface area contributed by atoms with Gasteiger partial charge in [0.1, 0.15) is 0 Å². The first-order chi connectivity index (χ1) is 13.8. The summed E-state index contributed by atoms with van der Waals surface area (Å²) >= 11 is 0. The van der Waals surface area contributed by atoms with E-state index in [1.54, 1.807) is 6.07 Å². The molecule has 3 rings (SSSR count). The molecule has 142 valence electrons. The Labute approximate surface area is 166 Å². The minimum absolute atomic E-state index is 0.314. The fourth-order valence-electron chi connectivity index (χ4n) is 3.14. The third kappa shape index (κ3) is 5.66. The Morgan fingerprint density at radius 3 is 1.93 bits per heavy atom. The van der Waals surface area contributed by atoms with Crippen molar-refractivity contribution in [3.05, 3.63) is 113 Å². The van der Waals surface area contributed by atoms with Crippen LogP contribution in [-0.4, -0.2) is 24.5 Å². The molecule has 3 nitrogen and oxygen atoms in total. The molecule has 0 amide bonds. The van der Waals surface area contributed by atoms with Crippen molar-refractivity contribution in [2.75, 3.05) is 13.7 Å². The van der Waals surface area contributed by atoms with Crippen LogP contribution in [0.5, 0.6) is 0 Å². The van der Waals surface area contributed by atoms with Crippen LogP contribution in [0, 0.1) is 0 Å². The SMILES string of the molecule is COC(=O)c1ccccc1/C=C/CN(Cc1ccccc1)Cc1ccccc1. The lowest BCUT2D eigenvalue weighted by Gasteiger charge is -2.21. The first-order valence-electron chi connectivity index (χ1n) is 9.40. The van der Waals surface area contributed by atoms with Crippen molar-refractivity contribution < 1.29 is 9.53 Å². The van der Waals surface area contributed by atoms with Crippen LogP contribution in [0.1, 0.15) is 27.0 Å². The van der Waals surface area contributed by atoms with E-state index in [1.807, 2.05) is 36.4 Å². The van der Waals surface area contributed by atoms with Gasteiger partial charge in [-0.25, -0.2) is 4.79 Å². The van der Waals surface area contributed by atoms with Crippen molar-refractivity contribution >= 4 is 12.0 Å². The van der Waals surface area contributed by atoms with E-state index in [9.17, 15) is 4.79 Å². The molecule has 0 N–H and O–H groups in total. The molecule has 0 saturated carbocycles. The van der Waals surface area contributed by atoms with Gasteiger partial charge in [-0.05, 0) is 22.8 Å². The molecule has 0 bridgehead atoms. The molecule has 3 aromatic rings. The maximum Gasteiger partial charge on any atom is 0.338 e. The Morgan fingerprint density at radius 1 is 0.821 bits per heavy atom. The molecule has 0 heterocycles. The molecule has 0 spiro atoms. The highest BCUT2D eigenvalue weighted by molar-refractivity contribution is 5.93. The van der Waals surface area contributed by atoms with Gasteiger partial charge in [0.05, 0.1) is 12.7 Å². The molecule has 0 unspecified atom stereocenters. The third-order valence-corrected chi connectivity index (χ3v) is 4.53. The fraction of sp³-hybridized carbons (Fsp3) is 0.160. The molecular formula is C25H25NO2. The van der Waals surface area contributed by atoms with Crippen LogP contribution in [0.25, 0.3) is 6.08 Å². The van der Waals surface area contributed by atoms with Crippen molar-refractivity contribution in [3.8, 4) is 0 Å². The molecule has 28 heavy (non-hydrogen) atoms. The summed E-state index contributed by atoms with van der Waals surface area (Å²) in [5.41, 5.74) is 4.01. The predicted octanol–water partition coefficient (Wildman–Crippen LogP) is 5.19. The fourth-order valence-corrected chi connectivity index (χ4v) is 3.14. The number of rotatable bonds is 8. The monoisotopic (exact) mass is 371 g/mol. The molecule has 0 aliphatic carbocycles. The van der Waals surface area contributed by atoms with Crippen LogP contribution in [0.2, 0.25) is 0 Å². The van der Waals surface area contributed by atoms with Gasteiger partial charge < -0.3 is 4.74 Å². The molecule has 0 radical (unpaired) electrons. The average Bonchev–Trinajstić information content (AvgIpc) is 2.75. The number of benzene rings is 3. The summed E-state index contributed by atoms with van der Waals surface area (Å²) in [6.07, 6.45) is 4.10. The van der Waals surface area contributed by atoms with Crippen LogP contribution >= 0.6 is 0 Å². The van der Waals surface area contributed by atoms with E-state index in [2.05, 4.69) is 59.5 Å². The molecule has 0 aliphatic heterocycles. The second kappa shape index (κ2) is 10.2. The summed E-state index contributed by atoms with van der Waals surface area (Å²) in [6, 6.07) is 28.4. The second-order valence-corrected chi connectivity index (χ2v) is 6.62. The summed E-state index contributed by atoms with van der Waals surface area (Å²) in [7, 11) is 1.41. The molecule has 0 aliphatic rings. The Morgan fingerprint density at radius 2 is 1.36 bits per heavy atom. The summed E-state index contributed by atoms with van der Waals surface area (Å²) in [6.45, 7) is 2.50. The summed E-state index contributed by atoms with van der Waals surface area (Å²) in [4.78, 5) is 14.3. The van der Waals surface area contributed by atoms with Gasteiger partial charge >= 0.3 is 5.97 Å². The van der Waals surface area contributed by atoms with E-state index in [1.165, 1.54) is 18.2 Å². The zero-order valence-corrected chi connectivity index (χ0v) is 16.1. The van der Waals surface area contributed by atoms with Crippen LogP contribution in [-0.2, 0) is 17.8 Å². The molecule has 0 saturated heterocycles. The van der Waals surface area contributed by atoms with E-state index >= 15 is 0 Å². The number of hydrogen-bond donors (Lipinski definition) is 0. The lowest BCUT2D eigenvalue weighted by molar-refractivity contribution is 0.0600. The zero-order chi connectivity index (χ0) is 19.6. The second-order valence-electron chi connectivity index (χ2n) is 6.62. The van der Waals surface area contributed by atoms with Gasteiger partial charge in [0, 0.05) is 19.6 Å². The van der Waals surface area contributed by atoms with Crippen molar-refractivity contribution in [2.24, 2.45) is 0 Å². The topological polar surface area (TPSA) is 29.5 Å². The maximum atomic E-state index is 11.9. The maximum absolute atomic E-state index is 11.9. The number of ether oxygens (including phenoxy) is 1. The van der Waals surface area contributed by atoms with Crippen LogP contribution in [0.4, 0.5) is 0 Å². The highest BCUT2D eigenvalue weighted by atomic mass is 16.5. The summed E-state index contributed by atoms with van der Waals surface area (Å²) in [5, 5.41) is 0. The van der Waals surface area contributed by atoms with Gasteiger partial charge in [0.2, 0.25) is 0 Å². The van der Waals surface area contributed by atoms with E-state index < -0.39 is 0 Å². The highest BCUT2D eigenvalue weighted by Gasteiger charge is 2.09. The van der Waals surface area contributed by atoms with Crippen LogP contribution < -0.4 is 0 Å². The lowest BCUT2D eigenvalue weighted by Crippen LogP contribution is -2.22. The van der Waals surface area contributed by atoms with Crippen LogP contribution in [0.15, 0.2) is 91.0 Å². The minimum Gasteiger partial charge on any atom is -0.465 e. The largest absolute Gasteiger partial charge is 0.465 e. The van der Waals surface area contributed by atoms with E-state index in [-0.39, 0.29) is 5.97 Å². The molecule has 3 aromatic carbocycles. The van der Waals surface area contributed by atoms with Crippen molar-refractivity contribution in [3.63, 3.8) is 0 Å². The average molecular weight is 371 g/mol. The quantitative estimate of drug-likeness (QED) is 0.511. The zero-order valence-electron chi connectivity index (χ0n) is 16.1. The minimum atomic E-state index is -0.314. The molecule has 0 fully saturated rings. The van der Waals surface area contributed by atoms with Gasteiger partial charge in [-0.15, -0.1) is 0 Å². The Balaban J connectivity index is 1.74. The number of carbonyl (C=O) groups is 1. The smallest absolute Gasteiger partial charge is 0.338 e. The number of hydrogen-bond acceptors (Lipinski definition) is 3. The molecule has 0 atom stereocenters. The first-order valence-corrected chi connectivity index (χ1v) is 9.40. The van der Waals surface area contributed by atoms with E-state index in [4.69, 9.17) is 4.74 Å². The van der Waals surface area contributed by atoms with Crippen molar-refractivity contribution in [1.29, 1.82) is 0 Å². The lowest BCUT2D eigenvalue weighted by atomic mass is 10.1. The molecule has 0 aromatic heterocycles. The number of nitrogens with zero attached hydrogens (tertiary/aromatic N) is 1. The predicted molar refractivity (Wildman–Crippen MR) is 114 cm³/mol. The first kappa shape index (κ1) is 19.6. The summed E-state index contributed by atoms with van der Waals surface area (Å²) in [5.74, 6) is -0.314. The number of methoxy groups -OCH3 is 1. The highest BCUT2D eigenvalue weighted by Crippen LogP contribution is 2.14. The summed E-state index contributed by atoms with van der Waals surface area (Å²) < 4.78 is 4.88. The normalized spacial score (nSPS) is 11.1. The van der Waals surface area contributed by atoms with Crippen molar-refractivity contribution in [2.45, 2.75) is 13.1 Å². The number of esters is 1. The Hall–Kier alpha value is -3.17. The van der Waals surface area contributed by atoms with Gasteiger partial charge in [0.15, 0.2) is 0 Å². The third-order valence-electron chi connectivity index (χ3n) is 4.53. The van der Waals surface area contributed by atoms with Gasteiger partial charge in [-0.2, -0.15) is 0 Å². The van der Waals surface area contributed by atoms with Gasteiger partial charge in [0.25, 0.3) is 0 Å². The van der Waals surface area contributed by atoms with E-state index in [0.717, 1.165) is 25.2 Å². The molecule has 3 heteroatoms. The van der Waals surface area contributed by atoms with Gasteiger partial charge in [-0.1, -0.05) is 91.0 Å². The van der Waals surface area contributed by atoms with Crippen molar-refractivity contribution in [1.82, 2.24) is 4.90 Å². The Bertz CT molecular complexity index is 863. The van der Waals surface area contributed by atoms with E-state index in [0.29, 0.717) is 5.56 Å². The molecular weight excluding hydrogens is 346 g/mol.